The van der Waals surface area contributed by atoms with Crippen molar-refractivity contribution in [3.05, 3.63) is 36.7 Å². The largest absolute Gasteiger partial charge is 0.491 e. The highest BCUT2D eigenvalue weighted by Crippen LogP contribution is 2.21. The van der Waals surface area contributed by atoms with Crippen LogP contribution in [0.1, 0.15) is 34.6 Å². The summed E-state index contributed by atoms with van der Waals surface area (Å²) < 4.78 is 5.63. The number of benzene rings is 1. The number of nitrogens with one attached hydrogen (secondary N) is 2. The van der Waals surface area contributed by atoms with E-state index in [0.717, 1.165) is 23.1 Å². The van der Waals surface area contributed by atoms with Gasteiger partial charge in [-0.05, 0) is 58.9 Å². The van der Waals surface area contributed by atoms with Crippen LogP contribution in [0.25, 0.3) is 0 Å². The highest BCUT2D eigenvalue weighted by Gasteiger charge is 2.10. The Balaban J connectivity index is 2.05. The molecular weight excluding hydrogens is 276 g/mol. The number of nitrogens with zero attached hydrogens (tertiary/aromatic N) is 2. The van der Waals surface area contributed by atoms with Crippen LogP contribution in [0, 0.1) is 0 Å². The molecule has 1 heterocycles. The summed E-state index contributed by atoms with van der Waals surface area (Å²) in [7, 11) is 0. The molecule has 0 radical (unpaired) electrons. The predicted octanol–water partition coefficient (Wildman–Crippen LogP) is 4.22. The SMILES string of the molecule is CC(C)Oc1ccc(Nc2cc(NC(C)(C)C)ncn2)cc1. The van der Waals surface area contributed by atoms with Crippen molar-refractivity contribution in [3.63, 3.8) is 0 Å². The number of anilines is 3. The van der Waals surface area contributed by atoms with Crippen LogP contribution in [-0.2, 0) is 0 Å². The summed E-state index contributed by atoms with van der Waals surface area (Å²) in [4.78, 5) is 8.47. The molecule has 0 spiro atoms. The number of aromatic nitrogens is 2. The van der Waals surface area contributed by atoms with Gasteiger partial charge in [0, 0.05) is 17.3 Å². The lowest BCUT2D eigenvalue weighted by Crippen LogP contribution is -2.26. The molecule has 5 heteroatoms. The zero-order valence-corrected chi connectivity index (χ0v) is 13.8. The Morgan fingerprint density at radius 2 is 1.64 bits per heavy atom. The first-order valence-corrected chi connectivity index (χ1v) is 7.46. The standard InChI is InChI=1S/C17H24N4O/c1-12(2)22-14-8-6-13(7-9-14)20-15-10-16(19-11-18-15)21-17(3,4)5/h6-12H,1-5H3,(H2,18,19,20,21). The number of hydrogen-bond acceptors (Lipinski definition) is 5. The molecule has 0 saturated heterocycles. The van der Waals surface area contributed by atoms with Crippen LogP contribution in [0.2, 0.25) is 0 Å². The topological polar surface area (TPSA) is 59.1 Å². The third-order valence-corrected chi connectivity index (χ3v) is 2.67. The van der Waals surface area contributed by atoms with E-state index in [0.29, 0.717) is 0 Å². The fourth-order valence-electron chi connectivity index (χ4n) is 1.92. The first kappa shape index (κ1) is 16.1. The average Bonchev–Trinajstić information content (AvgIpc) is 2.39. The summed E-state index contributed by atoms with van der Waals surface area (Å²) in [6.45, 7) is 10.3. The van der Waals surface area contributed by atoms with Crippen LogP contribution in [0.15, 0.2) is 36.7 Å². The molecule has 5 nitrogen and oxygen atoms in total. The van der Waals surface area contributed by atoms with E-state index in [1.165, 1.54) is 0 Å². The van der Waals surface area contributed by atoms with Gasteiger partial charge in [-0.25, -0.2) is 9.97 Å². The third kappa shape index (κ3) is 5.24. The second-order valence-electron chi connectivity index (χ2n) is 6.48. The van der Waals surface area contributed by atoms with Crippen molar-refractivity contribution in [2.75, 3.05) is 10.6 Å². The van der Waals surface area contributed by atoms with Crippen LogP contribution in [0.5, 0.6) is 5.75 Å². The number of rotatable bonds is 5. The molecule has 0 unspecified atom stereocenters. The van der Waals surface area contributed by atoms with Crippen LogP contribution in [0.4, 0.5) is 17.3 Å². The van der Waals surface area contributed by atoms with Gasteiger partial charge in [0.1, 0.15) is 23.7 Å². The maximum atomic E-state index is 5.63. The molecule has 0 aliphatic rings. The molecule has 22 heavy (non-hydrogen) atoms. The van der Waals surface area contributed by atoms with Gasteiger partial charge in [-0.2, -0.15) is 0 Å². The first-order valence-electron chi connectivity index (χ1n) is 7.46. The van der Waals surface area contributed by atoms with Gasteiger partial charge in [0.2, 0.25) is 0 Å². The minimum atomic E-state index is -0.0402. The van der Waals surface area contributed by atoms with Gasteiger partial charge >= 0.3 is 0 Å². The van der Waals surface area contributed by atoms with E-state index in [9.17, 15) is 0 Å². The maximum Gasteiger partial charge on any atom is 0.135 e. The zero-order chi connectivity index (χ0) is 16.2. The van der Waals surface area contributed by atoms with E-state index in [1.54, 1.807) is 6.33 Å². The molecule has 1 aromatic heterocycles. The highest BCUT2D eigenvalue weighted by atomic mass is 16.5. The normalized spacial score (nSPS) is 11.4. The molecule has 0 atom stereocenters. The van der Waals surface area contributed by atoms with Crippen molar-refractivity contribution in [1.29, 1.82) is 0 Å². The van der Waals surface area contributed by atoms with E-state index < -0.39 is 0 Å². The van der Waals surface area contributed by atoms with Gasteiger partial charge in [0.15, 0.2) is 0 Å². The third-order valence-electron chi connectivity index (χ3n) is 2.67. The molecule has 2 N–H and O–H groups in total. The Morgan fingerprint density at radius 3 is 2.23 bits per heavy atom. The molecule has 0 aliphatic heterocycles. The minimum absolute atomic E-state index is 0.0402. The van der Waals surface area contributed by atoms with Crippen LogP contribution in [0.3, 0.4) is 0 Å². The summed E-state index contributed by atoms with van der Waals surface area (Å²) in [6, 6.07) is 9.72. The summed E-state index contributed by atoms with van der Waals surface area (Å²) in [5.41, 5.74) is 0.915. The molecule has 2 aromatic rings. The molecule has 0 amide bonds. The van der Waals surface area contributed by atoms with E-state index in [2.05, 4.69) is 41.4 Å². The Hall–Kier alpha value is -2.30. The molecule has 0 fully saturated rings. The number of ether oxygens (including phenoxy) is 1. The Bertz CT molecular complexity index is 603. The van der Waals surface area contributed by atoms with Gasteiger partial charge in [0.05, 0.1) is 6.10 Å². The lowest BCUT2D eigenvalue weighted by atomic mass is 10.1. The zero-order valence-electron chi connectivity index (χ0n) is 13.8. The molecule has 0 aliphatic carbocycles. The Kier molecular flexibility index (Phi) is 4.85. The summed E-state index contributed by atoms with van der Waals surface area (Å²) >= 11 is 0. The van der Waals surface area contributed by atoms with Gasteiger partial charge in [-0.1, -0.05) is 0 Å². The summed E-state index contributed by atoms with van der Waals surface area (Å²) in [5, 5.41) is 6.59. The van der Waals surface area contributed by atoms with Crippen molar-refractivity contribution < 1.29 is 4.74 Å². The molecule has 2 rings (SSSR count). The van der Waals surface area contributed by atoms with Gasteiger partial charge < -0.3 is 15.4 Å². The van der Waals surface area contributed by atoms with Crippen molar-refractivity contribution in [2.45, 2.75) is 46.3 Å². The van der Waals surface area contributed by atoms with E-state index in [1.807, 2.05) is 44.2 Å². The van der Waals surface area contributed by atoms with Crippen LogP contribution >= 0.6 is 0 Å². The average molecular weight is 300 g/mol. The predicted molar refractivity (Wildman–Crippen MR) is 90.9 cm³/mol. The van der Waals surface area contributed by atoms with Crippen molar-refractivity contribution in [1.82, 2.24) is 9.97 Å². The quantitative estimate of drug-likeness (QED) is 0.866. The van der Waals surface area contributed by atoms with Gasteiger partial charge in [0.25, 0.3) is 0 Å². The lowest BCUT2D eigenvalue weighted by Gasteiger charge is -2.21. The van der Waals surface area contributed by atoms with E-state index in [4.69, 9.17) is 4.74 Å². The Morgan fingerprint density at radius 1 is 1.00 bits per heavy atom. The summed E-state index contributed by atoms with van der Waals surface area (Å²) in [5.74, 6) is 2.40. The molecule has 1 aromatic carbocycles. The molecule has 0 saturated carbocycles. The maximum absolute atomic E-state index is 5.63. The fraction of sp³-hybridized carbons (Fsp3) is 0.412. The van der Waals surface area contributed by atoms with Gasteiger partial charge in [-0.3, -0.25) is 0 Å². The second kappa shape index (κ2) is 6.64. The highest BCUT2D eigenvalue weighted by molar-refractivity contribution is 5.59. The summed E-state index contributed by atoms with van der Waals surface area (Å²) in [6.07, 6.45) is 1.72. The smallest absolute Gasteiger partial charge is 0.135 e. The monoisotopic (exact) mass is 300 g/mol. The lowest BCUT2D eigenvalue weighted by molar-refractivity contribution is 0.242. The minimum Gasteiger partial charge on any atom is -0.491 e. The van der Waals surface area contributed by atoms with Crippen molar-refractivity contribution in [2.24, 2.45) is 0 Å². The van der Waals surface area contributed by atoms with E-state index in [-0.39, 0.29) is 11.6 Å². The number of hydrogen-bond donors (Lipinski definition) is 2. The van der Waals surface area contributed by atoms with Crippen LogP contribution < -0.4 is 15.4 Å². The molecule has 0 bridgehead atoms. The fourth-order valence-corrected chi connectivity index (χ4v) is 1.92. The van der Waals surface area contributed by atoms with Crippen molar-refractivity contribution >= 4 is 17.3 Å². The van der Waals surface area contributed by atoms with Crippen LogP contribution in [-0.4, -0.2) is 21.6 Å². The van der Waals surface area contributed by atoms with Crippen molar-refractivity contribution in [3.8, 4) is 5.75 Å². The molecular formula is C17H24N4O. The van der Waals surface area contributed by atoms with E-state index >= 15 is 0 Å². The molecule has 118 valence electrons. The second-order valence-corrected chi connectivity index (χ2v) is 6.48. The van der Waals surface area contributed by atoms with Gasteiger partial charge in [-0.15, -0.1) is 0 Å². The Labute approximate surface area is 132 Å². The first-order chi connectivity index (χ1) is 10.3.